The molecule has 3 aromatic rings. The number of hydrogen-bond donors (Lipinski definition) is 0. The maximum absolute atomic E-state index is 12.4. The molecule has 140 valence electrons. The Kier molecular flexibility index (Phi) is 3.97. The second kappa shape index (κ2) is 6.38. The second-order valence-electron chi connectivity index (χ2n) is 7.96. The summed E-state index contributed by atoms with van der Waals surface area (Å²) in [6, 6.07) is 8.77. The van der Waals surface area contributed by atoms with E-state index in [1.54, 1.807) is 6.92 Å². The van der Waals surface area contributed by atoms with Crippen molar-refractivity contribution in [2.24, 2.45) is 0 Å². The molecular weight excluding hydrogens is 338 g/mol. The van der Waals surface area contributed by atoms with Crippen molar-refractivity contribution in [1.82, 2.24) is 4.90 Å². The topological polar surface area (TPSA) is 42.7 Å². The zero-order valence-electron chi connectivity index (χ0n) is 16.0. The van der Waals surface area contributed by atoms with Gasteiger partial charge in [0.2, 0.25) is 0 Å². The van der Waals surface area contributed by atoms with Gasteiger partial charge in [0.15, 0.2) is 5.78 Å². The Hall–Kier alpha value is -2.33. The maximum atomic E-state index is 12.4. The number of carbonyl (C=O) groups excluding carboxylic acids is 1. The van der Waals surface area contributed by atoms with Crippen LogP contribution in [-0.4, -0.2) is 23.5 Å². The molecule has 1 aliphatic carbocycles. The van der Waals surface area contributed by atoms with E-state index in [9.17, 15) is 4.79 Å². The number of carbonyl (C=O) groups is 1. The van der Waals surface area contributed by atoms with Gasteiger partial charge in [-0.3, -0.25) is 9.69 Å². The van der Waals surface area contributed by atoms with E-state index in [0.717, 1.165) is 39.6 Å². The summed E-state index contributed by atoms with van der Waals surface area (Å²) in [7, 11) is 0. The van der Waals surface area contributed by atoms with Gasteiger partial charge in [-0.1, -0.05) is 43.5 Å². The first-order valence-corrected chi connectivity index (χ1v) is 9.99. The summed E-state index contributed by atoms with van der Waals surface area (Å²) in [5.41, 5.74) is 2.64. The van der Waals surface area contributed by atoms with Crippen LogP contribution in [0.15, 0.2) is 28.7 Å². The number of ketones is 1. The summed E-state index contributed by atoms with van der Waals surface area (Å²) in [6.45, 7) is 4.96. The molecule has 0 radical (unpaired) electrons. The zero-order valence-corrected chi connectivity index (χ0v) is 16.0. The highest BCUT2D eigenvalue weighted by Gasteiger charge is 2.31. The van der Waals surface area contributed by atoms with E-state index in [4.69, 9.17) is 9.15 Å². The van der Waals surface area contributed by atoms with Gasteiger partial charge in [0.1, 0.15) is 23.8 Å². The normalized spacial score (nSPS) is 18.6. The molecule has 0 spiro atoms. The van der Waals surface area contributed by atoms with Crippen LogP contribution in [0.4, 0.5) is 0 Å². The van der Waals surface area contributed by atoms with Crippen LogP contribution in [0.2, 0.25) is 0 Å². The van der Waals surface area contributed by atoms with Crippen molar-refractivity contribution in [3.8, 4) is 5.75 Å². The number of rotatable bonds is 2. The van der Waals surface area contributed by atoms with Crippen LogP contribution >= 0.6 is 0 Å². The predicted molar refractivity (Wildman–Crippen MR) is 106 cm³/mol. The van der Waals surface area contributed by atoms with Crippen molar-refractivity contribution in [2.75, 3.05) is 6.73 Å². The van der Waals surface area contributed by atoms with Crippen LogP contribution in [0, 0.1) is 6.92 Å². The first kappa shape index (κ1) is 16.8. The lowest BCUT2D eigenvalue weighted by atomic mass is 9.92. The third-order valence-corrected chi connectivity index (χ3v) is 6.26. The van der Waals surface area contributed by atoms with Crippen LogP contribution in [0.3, 0.4) is 0 Å². The lowest BCUT2D eigenvalue weighted by Gasteiger charge is -2.38. The highest BCUT2D eigenvalue weighted by Crippen LogP contribution is 2.44. The molecule has 0 amide bonds. The third kappa shape index (κ3) is 2.58. The minimum atomic E-state index is 0.0542. The van der Waals surface area contributed by atoms with Gasteiger partial charge in [0, 0.05) is 34.3 Å². The quantitative estimate of drug-likeness (QED) is 0.557. The molecule has 2 aromatic carbocycles. The Morgan fingerprint density at radius 1 is 1.11 bits per heavy atom. The Bertz CT molecular complexity index is 1040. The van der Waals surface area contributed by atoms with Crippen LogP contribution < -0.4 is 4.74 Å². The van der Waals surface area contributed by atoms with Crippen molar-refractivity contribution < 1.29 is 13.9 Å². The number of ether oxygens (including phenoxy) is 1. The molecule has 2 aliphatic rings. The second-order valence-corrected chi connectivity index (χ2v) is 7.96. The van der Waals surface area contributed by atoms with Gasteiger partial charge in [-0.15, -0.1) is 0 Å². The van der Waals surface area contributed by atoms with E-state index in [2.05, 4.69) is 17.0 Å². The molecule has 1 aromatic heterocycles. The van der Waals surface area contributed by atoms with Gasteiger partial charge < -0.3 is 9.15 Å². The lowest BCUT2D eigenvalue weighted by Crippen LogP contribution is -2.41. The zero-order chi connectivity index (χ0) is 18.5. The standard InChI is InChI=1S/C23H25NO3/c1-14(25)20-15(2)27-23-18-11-7-6-10-17(18)22-19(21(20)23)12-24(13-26-22)16-8-4-3-5-9-16/h6-7,10-11,16H,3-5,8-9,12-13H2,1-2H3. The molecule has 0 N–H and O–H groups in total. The summed E-state index contributed by atoms with van der Waals surface area (Å²) in [6.07, 6.45) is 6.40. The van der Waals surface area contributed by atoms with Gasteiger partial charge in [-0.05, 0) is 26.7 Å². The first-order valence-electron chi connectivity index (χ1n) is 9.99. The van der Waals surface area contributed by atoms with Crippen molar-refractivity contribution in [3.63, 3.8) is 0 Å². The molecule has 4 heteroatoms. The summed E-state index contributed by atoms with van der Waals surface area (Å²) < 4.78 is 12.5. The third-order valence-electron chi connectivity index (χ3n) is 6.26. The molecule has 0 atom stereocenters. The number of furan rings is 1. The molecule has 1 aliphatic heterocycles. The first-order chi connectivity index (χ1) is 13.1. The molecule has 0 unspecified atom stereocenters. The van der Waals surface area contributed by atoms with E-state index in [1.807, 2.05) is 19.1 Å². The number of fused-ring (bicyclic) bond motifs is 6. The molecule has 2 heterocycles. The van der Waals surface area contributed by atoms with Crippen LogP contribution in [0.25, 0.3) is 21.7 Å². The minimum absolute atomic E-state index is 0.0542. The Labute approximate surface area is 159 Å². The van der Waals surface area contributed by atoms with Crippen molar-refractivity contribution >= 4 is 27.5 Å². The molecule has 1 saturated carbocycles. The smallest absolute Gasteiger partial charge is 0.163 e. The van der Waals surface area contributed by atoms with Gasteiger partial charge in [-0.2, -0.15) is 0 Å². The summed E-state index contributed by atoms with van der Waals surface area (Å²) in [5, 5.41) is 3.05. The Balaban J connectivity index is 1.75. The van der Waals surface area contributed by atoms with E-state index in [1.165, 1.54) is 32.1 Å². The van der Waals surface area contributed by atoms with E-state index >= 15 is 0 Å². The summed E-state index contributed by atoms with van der Waals surface area (Å²) in [4.78, 5) is 14.9. The Morgan fingerprint density at radius 2 is 1.85 bits per heavy atom. The number of benzene rings is 2. The number of Topliss-reactive ketones (excluding diaryl/α,β-unsaturated/α-hetero) is 1. The fourth-order valence-electron chi connectivity index (χ4n) is 4.99. The fraction of sp³-hybridized carbons (Fsp3) is 0.435. The van der Waals surface area contributed by atoms with Crippen LogP contribution in [0.5, 0.6) is 5.75 Å². The van der Waals surface area contributed by atoms with Gasteiger partial charge >= 0.3 is 0 Å². The number of hydrogen-bond acceptors (Lipinski definition) is 4. The number of nitrogens with zero attached hydrogens (tertiary/aromatic N) is 1. The summed E-state index contributed by atoms with van der Waals surface area (Å²) in [5.74, 6) is 1.68. The highest BCUT2D eigenvalue weighted by atomic mass is 16.5. The molecule has 27 heavy (non-hydrogen) atoms. The fourth-order valence-corrected chi connectivity index (χ4v) is 4.99. The van der Waals surface area contributed by atoms with Gasteiger partial charge in [0.25, 0.3) is 0 Å². The monoisotopic (exact) mass is 363 g/mol. The number of aryl methyl sites for hydroxylation is 1. The molecule has 4 nitrogen and oxygen atoms in total. The molecule has 1 fully saturated rings. The molecule has 0 saturated heterocycles. The molecular formula is C23H25NO3. The lowest BCUT2D eigenvalue weighted by molar-refractivity contribution is 0.0422. The van der Waals surface area contributed by atoms with Crippen LogP contribution in [-0.2, 0) is 6.54 Å². The van der Waals surface area contributed by atoms with E-state index in [-0.39, 0.29) is 5.78 Å². The highest BCUT2D eigenvalue weighted by molar-refractivity contribution is 6.17. The summed E-state index contributed by atoms with van der Waals surface area (Å²) >= 11 is 0. The van der Waals surface area contributed by atoms with Crippen molar-refractivity contribution in [3.05, 3.63) is 41.2 Å². The van der Waals surface area contributed by atoms with Gasteiger partial charge in [-0.25, -0.2) is 0 Å². The largest absolute Gasteiger partial charge is 0.477 e. The van der Waals surface area contributed by atoms with E-state index < -0.39 is 0 Å². The molecule has 0 bridgehead atoms. The SMILES string of the molecule is CC(=O)c1c(C)oc2c1c1c(c3ccccc32)OCN(C2CCCCC2)C1. The van der Waals surface area contributed by atoms with E-state index in [0.29, 0.717) is 24.1 Å². The predicted octanol–water partition coefficient (Wildman–Crippen LogP) is 5.58. The van der Waals surface area contributed by atoms with Crippen molar-refractivity contribution in [2.45, 2.75) is 58.5 Å². The van der Waals surface area contributed by atoms with Gasteiger partial charge in [0.05, 0.1) is 5.56 Å². The van der Waals surface area contributed by atoms with Crippen LogP contribution in [0.1, 0.15) is 60.7 Å². The van der Waals surface area contributed by atoms with Crippen molar-refractivity contribution in [1.29, 1.82) is 0 Å². The minimum Gasteiger partial charge on any atom is -0.477 e. The maximum Gasteiger partial charge on any atom is 0.163 e. The Morgan fingerprint density at radius 3 is 2.59 bits per heavy atom. The molecule has 5 rings (SSSR count). The average Bonchev–Trinajstić information content (AvgIpc) is 3.06. The average molecular weight is 363 g/mol.